The van der Waals surface area contributed by atoms with Crippen LogP contribution in [-0.4, -0.2) is 63.2 Å². The maximum atomic E-state index is 13.5. The predicted octanol–water partition coefficient (Wildman–Crippen LogP) is 0.625. The number of likely N-dealkylation sites (N-methyl/N-ethyl adjacent to an activating group) is 1. The van der Waals surface area contributed by atoms with E-state index in [0.29, 0.717) is 16.0 Å². The van der Waals surface area contributed by atoms with Crippen molar-refractivity contribution >= 4 is 33.1 Å². The number of tetrazole rings is 1. The van der Waals surface area contributed by atoms with Gasteiger partial charge < -0.3 is 9.80 Å². The van der Waals surface area contributed by atoms with E-state index in [1.54, 1.807) is 4.52 Å². The SMILES string of the molecule is CN1CCN(c2nc3sc(F)cc3n3nnnc23)CC1. The Balaban J connectivity index is 1.90. The van der Waals surface area contributed by atoms with E-state index < -0.39 is 0 Å². The minimum absolute atomic E-state index is 0.278. The number of rotatable bonds is 1. The fourth-order valence-electron chi connectivity index (χ4n) is 2.44. The molecule has 20 heavy (non-hydrogen) atoms. The van der Waals surface area contributed by atoms with Gasteiger partial charge in [-0.2, -0.15) is 8.91 Å². The van der Waals surface area contributed by atoms with Crippen molar-refractivity contribution in [2.45, 2.75) is 0 Å². The molecule has 0 unspecified atom stereocenters. The molecule has 0 N–H and O–H groups in total. The molecule has 4 heterocycles. The lowest BCUT2D eigenvalue weighted by Gasteiger charge is -2.32. The summed E-state index contributed by atoms with van der Waals surface area (Å²) in [5, 5.41) is 11.4. The number of anilines is 1. The molecular formula is C11H12FN7S. The summed E-state index contributed by atoms with van der Waals surface area (Å²) in [4.78, 5) is 9.61. The average molecular weight is 293 g/mol. The van der Waals surface area contributed by atoms with Crippen LogP contribution < -0.4 is 4.90 Å². The molecule has 104 valence electrons. The van der Waals surface area contributed by atoms with Crippen LogP contribution in [0.1, 0.15) is 0 Å². The molecule has 1 aliphatic heterocycles. The zero-order chi connectivity index (χ0) is 13.7. The number of halogens is 1. The molecule has 9 heteroatoms. The Labute approximate surface area is 117 Å². The van der Waals surface area contributed by atoms with Gasteiger partial charge >= 0.3 is 0 Å². The molecule has 1 saturated heterocycles. The van der Waals surface area contributed by atoms with Crippen LogP contribution in [0.2, 0.25) is 0 Å². The average Bonchev–Trinajstić information content (AvgIpc) is 3.03. The summed E-state index contributed by atoms with van der Waals surface area (Å²) in [6, 6.07) is 1.42. The molecule has 1 aliphatic rings. The molecule has 0 aromatic carbocycles. The topological polar surface area (TPSA) is 62.5 Å². The highest BCUT2D eigenvalue weighted by Gasteiger charge is 2.22. The van der Waals surface area contributed by atoms with Crippen LogP contribution in [0, 0.1) is 5.13 Å². The molecule has 0 bridgehead atoms. The molecule has 3 aromatic rings. The first kappa shape index (κ1) is 11.9. The molecule has 0 radical (unpaired) electrons. The lowest BCUT2D eigenvalue weighted by molar-refractivity contribution is 0.312. The van der Waals surface area contributed by atoms with Crippen LogP contribution in [0.15, 0.2) is 6.07 Å². The largest absolute Gasteiger partial charge is 0.351 e. The van der Waals surface area contributed by atoms with Gasteiger partial charge in [0.1, 0.15) is 10.3 Å². The third-order valence-corrected chi connectivity index (χ3v) is 4.38. The van der Waals surface area contributed by atoms with Gasteiger partial charge in [0.15, 0.2) is 10.9 Å². The van der Waals surface area contributed by atoms with Gasteiger partial charge in [-0.05, 0) is 17.5 Å². The Hall–Kier alpha value is -1.87. The third-order valence-electron chi connectivity index (χ3n) is 3.57. The lowest BCUT2D eigenvalue weighted by Crippen LogP contribution is -2.45. The van der Waals surface area contributed by atoms with Crippen molar-refractivity contribution in [1.29, 1.82) is 0 Å². The monoisotopic (exact) mass is 293 g/mol. The molecule has 1 fully saturated rings. The van der Waals surface area contributed by atoms with Gasteiger partial charge in [-0.25, -0.2) is 4.98 Å². The number of piperazine rings is 1. The summed E-state index contributed by atoms with van der Waals surface area (Å²) in [7, 11) is 2.09. The second-order valence-corrected chi connectivity index (χ2v) is 5.86. The summed E-state index contributed by atoms with van der Waals surface area (Å²) in [6.45, 7) is 3.66. The van der Waals surface area contributed by atoms with Gasteiger partial charge in [-0.3, -0.25) is 0 Å². The van der Waals surface area contributed by atoms with Crippen LogP contribution in [0.5, 0.6) is 0 Å². The van der Waals surface area contributed by atoms with Crippen molar-refractivity contribution in [1.82, 2.24) is 29.9 Å². The van der Waals surface area contributed by atoms with Crippen molar-refractivity contribution in [2.75, 3.05) is 38.1 Å². The summed E-state index contributed by atoms with van der Waals surface area (Å²) in [6.07, 6.45) is 0. The Morgan fingerprint density at radius 2 is 2.05 bits per heavy atom. The highest BCUT2D eigenvalue weighted by Crippen LogP contribution is 2.28. The minimum atomic E-state index is -0.278. The maximum absolute atomic E-state index is 13.5. The van der Waals surface area contributed by atoms with Crippen LogP contribution in [0.25, 0.3) is 16.0 Å². The molecule has 0 atom stereocenters. The lowest BCUT2D eigenvalue weighted by atomic mass is 10.3. The first-order valence-electron chi connectivity index (χ1n) is 6.33. The number of hydrogen-bond acceptors (Lipinski definition) is 7. The van der Waals surface area contributed by atoms with Gasteiger partial charge in [0.25, 0.3) is 0 Å². The molecular weight excluding hydrogens is 281 g/mol. The Morgan fingerprint density at radius 1 is 1.25 bits per heavy atom. The van der Waals surface area contributed by atoms with Crippen molar-refractivity contribution < 1.29 is 4.39 Å². The second-order valence-electron chi connectivity index (χ2n) is 4.88. The van der Waals surface area contributed by atoms with Crippen LogP contribution >= 0.6 is 11.3 Å². The normalized spacial score (nSPS) is 17.4. The molecule has 0 amide bonds. The van der Waals surface area contributed by atoms with Crippen molar-refractivity contribution in [2.24, 2.45) is 0 Å². The van der Waals surface area contributed by atoms with Crippen molar-refractivity contribution in [3.63, 3.8) is 0 Å². The van der Waals surface area contributed by atoms with Gasteiger partial charge in [-0.15, -0.1) is 5.10 Å². The van der Waals surface area contributed by atoms with E-state index in [0.717, 1.165) is 43.3 Å². The number of fused-ring (bicyclic) bond motifs is 3. The molecule has 0 spiro atoms. The summed E-state index contributed by atoms with van der Waals surface area (Å²) >= 11 is 1.02. The Kier molecular flexibility index (Phi) is 2.57. The van der Waals surface area contributed by atoms with Crippen molar-refractivity contribution in [3.8, 4) is 0 Å². The summed E-state index contributed by atoms with van der Waals surface area (Å²) in [5.41, 5.74) is 1.20. The van der Waals surface area contributed by atoms with E-state index in [1.807, 2.05) is 0 Å². The zero-order valence-electron chi connectivity index (χ0n) is 10.8. The van der Waals surface area contributed by atoms with Crippen molar-refractivity contribution in [3.05, 3.63) is 11.2 Å². The molecule has 3 aromatic heterocycles. The molecule has 7 nitrogen and oxygen atoms in total. The van der Waals surface area contributed by atoms with Gasteiger partial charge in [0.05, 0.1) is 0 Å². The van der Waals surface area contributed by atoms with E-state index in [-0.39, 0.29) is 5.13 Å². The number of thiophene rings is 1. The Morgan fingerprint density at radius 3 is 2.85 bits per heavy atom. The maximum Gasteiger partial charge on any atom is 0.222 e. The minimum Gasteiger partial charge on any atom is -0.351 e. The first-order chi connectivity index (χ1) is 9.72. The highest BCUT2D eigenvalue weighted by atomic mass is 32.1. The standard InChI is InChI=1S/C11H12FN7S/c1-17-2-4-18(5-3-17)9-10-14-15-16-19(10)7-6-8(12)20-11(7)13-9/h6H,2-5H2,1H3. The zero-order valence-corrected chi connectivity index (χ0v) is 11.6. The molecule has 0 aliphatic carbocycles. The smallest absolute Gasteiger partial charge is 0.222 e. The first-order valence-corrected chi connectivity index (χ1v) is 7.14. The second kappa shape index (κ2) is 4.32. The van der Waals surface area contributed by atoms with E-state index in [1.165, 1.54) is 6.07 Å². The molecule has 0 saturated carbocycles. The number of hydrogen-bond donors (Lipinski definition) is 0. The van der Waals surface area contributed by atoms with Crippen LogP contribution in [-0.2, 0) is 0 Å². The van der Waals surface area contributed by atoms with Crippen LogP contribution in [0.3, 0.4) is 0 Å². The van der Waals surface area contributed by atoms with Gasteiger partial charge in [0, 0.05) is 32.2 Å². The van der Waals surface area contributed by atoms with E-state index in [2.05, 4.69) is 37.4 Å². The fourth-order valence-corrected chi connectivity index (χ4v) is 3.18. The van der Waals surface area contributed by atoms with Gasteiger partial charge in [-0.1, -0.05) is 11.3 Å². The third kappa shape index (κ3) is 1.74. The Bertz CT molecular complexity index is 774. The fraction of sp³-hybridized carbons (Fsp3) is 0.455. The van der Waals surface area contributed by atoms with Crippen LogP contribution in [0.4, 0.5) is 10.2 Å². The van der Waals surface area contributed by atoms with E-state index in [4.69, 9.17) is 0 Å². The quantitative estimate of drug-likeness (QED) is 0.655. The predicted molar refractivity (Wildman–Crippen MR) is 73.6 cm³/mol. The summed E-state index contributed by atoms with van der Waals surface area (Å²) in [5.74, 6) is 0.734. The highest BCUT2D eigenvalue weighted by molar-refractivity contribution is 7.17. The molecule has 4 rings (SSSR count). The summed E-state index contributed by atoms with van der Waals surface area (Å²) < 4.78 is 15.0. The van der Waals surface area contributed by atoms with E-state index in [9.17, 15) is 4.39 Å². The van der Waals surface area contributed by atoms with Gasteiger partial charge in [0.2, 0.25) is 5.65 Å². The number of nitrogens with zero attached hydrogens (tertiary/aromatic N) is 7. The number of aromatic nitrogens is 5. The van der Waals surface area contributed by atoms with E-state index >= 15 is 0 Å².